The summed E-state index contributed by atoms with van der Waals surface area (Å²) in [6, 6.07) is 4.15. The molecule has 0 amide bonds. The molecular weight excluding hydrogens is 200 g/mol. The summed E-state index contributed by atoms with van der Waals surface area (Å²) in [6.07, 6.45) is 3.06. The maximum atomic E-state index is 5.63. The molecule has 16 heavy (non-hydrogen) atoms. The summed E-state index contributed by atoms with van der Waals surface area (Å²) in [5.74, 6) is 0.912. The third-order valence-corrected chi connectivity index (χ3v) is 2.97. The van der Waals surface area contributed by atoms with Gasteiger partial charge in [0, 0.05) is 18.6 Å². The number of hydrogen-bond acceptors (Lipinski definition) is 2. The zero-order valence-electron chi connectivity index (χ0n) is 10.1. The van der Waals surface area contributed by atoms with E-state index in [0.29, 0.717) is 6.54 Å². The minimum Gasteiger partial charge on any atom is -0.497 e. The van der Waals surface area contributed by atoms with Gasteiger partial charge >= 0.3 is 0 Å². The quantitative estimate of drug-likeness (QED) is 0.856. The number of methoxy groups -OCH3 is 1. The molecule has 0 saturated heterocycles. The van der Waals surface area contributed by atoms with Gasteiger partial charge in [-0.05, 0) is 43.1 Å². The van der Waals surface area contributed by atoms with Crippen LogP contribution in [-0.4, -0.2) is 18.2 Å². The van der Waals surface area contributed by atoms with Crippen LogP contribution in [0.4, 0.5) is 0 Å². The van der Waals surface area contributed by atoms with Crippen LogP contribution < -0.4 is 10.5 Å². The zero-order valence-corrected chi connectivity index (χ0v) is 10.1. The van der Waals surface area contributed by atoms with Crippen LogP contribution in [0.2, 0.25) is 0 Å². The first-order valence-corrected chi connectivity index (χ1v) is 5.50. The van der Waals surface area contributed by atoms with Crippen LogP contribution in [0.25, 0.3) is 10.9 Å². The Morgan fingerprint density at radius 2 is 2.12 bits per heavy atom. The van der Waals surface area contributed by atoms with E-state index >= 15 is 0 Å². The van der Waals surface area contributed by atoms with Gasteiger partial charge < -0.3 is 15.0 Å². The molecule has 1 heterocycles. The minimum atomic E-state index is 0.676. The first-order chi connectivity index (χ1) is 7.67. The third-order valence-electron chi connectivity index (χ3n) is 2.97. The molecule has 0 atom stereocenters. The summed E-state index contributed by atoms with van der Waals surface area (Å²) in [6.45, 7) is 2.78. The van der Waals surface area contributed by atoms with Crippen LogP contribution in [0.5, 0.6) is 5.75 Å². The Labute approximate surface area is 95.8 Å². The molecule has 0 radical (unpaired) electrons. The predicted molar refractivity (Wildman–Crippen MR) is 67.0 cm³/mol. The number of nitrogens with two attached hydrogens (primary N) is 1. The molecule has 3 heteroatoms. The van der Waals surface area contributed by atoms with Gasteiger partial charge in [-0.25, -0.2) is 0 Å². The van der Waals surface area contributed by atoms with E-state index < -0.39 is 0 Å². The summed E-state index contributed by atoms with van der Waals surface area (Å²) in [5, 5.41) is 1.25. The van der Waals surface area contributed by atoms with Crippen molar-refractivity contribution in [2.24, 2.45) is 12.8 Å². The first-order valence-electron chi connectivity index (χ1n) is 5.50. The van der Waals surface area contributed by atoms with Gasteiger partial charge in [-0.2, -0.15) is 0 Å². The average Bonchev–Trinajstić information content (AvgIpc) is 2.56. The molecule has 2 aromatic rings. The number of aromatic nitrogens is 1. The van der Waals surface area contributed by atoms with Crippen molar-refractivity contribution < 1.29 is 4.74 Å². The van der Waals surface area contributed by atoms with E-state index in [1.807, 2.05) is 0 Å². The van der Waals surface area contributed by atoms with Gasteiger partial charge in [-0.1, -0.05) is 0 Å². The highest BCUT2D eigenvalue weighted by Crippen LogP contribution is 2.28. The van der Waals surface area contributed by atoms with Crippen molar-refractivity contribution in [3.63, 3.8) is 0 Å². The second kappa shape index (κ2) is 4.18. The van der Waals surface area contributed by atoms with Crippen molar-refractivity contribution in [1.29, 1.82) is 0 Å². The van der Waals surface area contributed by atoms with Crippen molar-refractivity contribution in [2.75, 3.05) is 13.7 Å². The Hall–Kier alpha value is -1.48. The van der Waals surface area contributed by atoms with Gasteiger partial charge in [0.2, 0.25) is 0 Å². The molecule has 0 saturated carbocycles. The molecule has 0 aliphatic heterocycles. The first kappa shape index (κ1) is 11.0. The predicted octanol–water partition coefficient (Wildman–Crippen LogP) is 2.00. The maximum Gasteiger partial charge on any atom is 0.119 e. The molecule has 0 aliphatic rings. The lowest BCUT2D eigenvalue weighted by atomic mass is 10.1. The van der Waals surface area contributed by atoms with E-state index in [1.165, 1.54) is 22.0 Å². The van der Waals surface area contributed by atoms with Crippen molar-refractivity contribution >= 4 is 10.9 Å². The van der Waals surface area contributed by atoms with E-state index in [1.54, 1.807) is 7.11 Å². The normalized spacial score (nSPS) is 11.0. The van der Waals surface area contributed by atoms with E-state index in [0.717, 1.165) is 12.2 Å². The Morgan fingerprint density at radius 1 is 1.38 bits per heavy atom. The van der Waals surface area contributed by atoms with Crippen molar-refractivity contribution in [3.8, 4) is 5.75 Å². The van der Waals surface area contributed by atoms with Gasteiger partial charge in [0.15, 0.2) is 0 Å². The molecule has 86 valence electrons. The van der Waals surface area contributed by atoms with E-state index in [-0.39, 0.29) is 0 Å². The SMILES string of the molecule is COc1cc(C)c2c(c1)c(CCN)cn2C. The number of ether oxygens (including phenoxy) is 1. The van der Waals surface area contributed by atoms with Crippen LogP contribution >= 0.6 is 0 Å². The highest BCUT2D eigenvalue weighted by molar-refractivity contribution is 5.88. The third kappa shape index (κ3) is 1.67. The Kier molecular flexibility index (Phi) is 2.88. The number of benzene rings is 1. The lowest BCUT2D eigenvalue weighted by Crippen LogP contribution is -2.02. The zero-order chi connectivity index (χ0) is 11.7. The van der Waals surface area contributed by atoms with Gasteiger partial charge in [0.25, 0.3) is 0 Å². The fourth-order valence-corrected chi connectivity index (χ4v) is 2.30. The molecular formula is C13H18N2O. The Balaban J connectivity index is 2.71. The smallest absolute Gasteiger partial charge is 0.119 e. The van der Waals surface area contributed by atoms with Crippen LogP contribution in [0.1, 0.15) is 11.1 Å². The van der Waals surface area contributed by atoms with Crippen molar-refractivity contribution in [1.82, 2.24) is 4.57 Å². The summed E-state index contributed by atoms with van der Waals surface area (Å²) >= 11 is 0. The Bertz CT molecular complexity index is 514. The number of fused-ring (bicyclic) bond motifs is 1. The molecule has 0 unspecified atom stereocenters. The fourth-order valence-electron chi connectivity index (χ4n) is 2.30. The minimum absolute atomic E-state index is 0.676. The molecule has 0 aliphatic carbocycles. The number of hydrogen-bond donors (Lipinski definition) is 1. The van der Waals surface area contributed by atoms with E-state index in [4.69, 9.17) is 10.5 Å². The van der Waals surface area contributed by atoms with Gasteiger partial charge in [-0.3, -0.25) is 0 Å². The van der Waals surface area contributed by atoms with Crippen LogP contribution in [0.15, 0.2) is 18.3 Å². The monoisotopic (exact) mass is 218 g/mol. The summed E-state index contributed by atoms with van der Waals surface area (Å²) < 4.78 is 7.47. The lowest BCUT2D eigenvalue weighted by Gasteiger charge is -2.05. The second-order valence-electron chi connectivity index (χ2n) is 4.14. The fraction of sp³-hybridized carbons (Fsp3) is 0.385. The van der Waals surface area contributed by atoms with E-state index in [9.17, 15) is 0 Å². The van der Waals surface area contributed by atoms with Crippen LogP contribution in [-0.2, 0) is 13.5 Å². The van der Waals surface area contributed by atoms with Gasteiger partial charge in [0.1, 0.15) is 5.75 Å². The standard InChI is InChI=1S/C13H18N2O/c1-9-6-11(16-3)7-12-10(4-5-14)8-15(2)13(9)12/h6-8H,4-5,14H2,1-3H3. The highest BCUT2D eigenvalue weighted by Gasteiger charge is 2.09. The van der Waals surface area contributed by atoms with Gasteiger partial charge in [-0.15, -0.1) is 0 Å². The maximum absolute atomic E-state index is 5.63. The van der Waals surface area contributed by atoms with Crippen molar-refractivity contribution in [2.45, 2.75) is 13.3 Å². The molecule has 0 spiro atoms. The van der Waals surface area contributed by atoms with E-state index in [2.05, 4.69) is 36.9 Å². The largest absolute Gasteiger partial charge is 0.497 e. The summed E-state index contributed by atoms with van der Waals surface area (Å²) in [4.78, 5) is 0. The van der Waals surface area contributed by atoms with Crippen molar-refractivity contribution in [3.05, 3.63) is 29.5 Å². The second-order valence-corrected chi connectivity index (χ2v) is 4.14. The average molecular weight is 218 g/mol. The number of rotatable bonds is 3. The molecule has 3 nitrogen and oxygen atoms in total. The summed E-state index contributed by atoms with van der Waals surface area (Å²) in [7, 11) is 3.77. The highest BCUT2D eigenvalue weighted by atomic mass is 16.5. The van der Waals surface area contributed by atoms with Crippen LogP contribution in [0.3, 0.4) is 0 Å². The molecule has 2 rings (SSSR count). The summed E-state index contributed by atoms with van der Waals surface area (Å²) in [5.41, 5.74) is 9.43. The Morgan fingerprint density at radius 3 is 2.75 bits per heavy atom. The number of nitrogens with zero attached hydrogens (tertiary/aromatic N) is 1. The van der Waals surface area contributed by atoms with Crippen LogP contribution in [0, 0.1) is 6.92 Å². The topological polar surface area (TPSA) is 40.2 Å². The molecule has 1 aromatic carbocycles. The molecule has 1 aromatic heterocycles. The molecule has 2 N–H and O–H groups in total. The molecule has 0 fully saturated rings. The van der Waals surface area contributed by atoms with Gasteiger partial charge in [0.05, 0.1) is 12.6 Å². The lowest BCUT2D eigenvalue weighted by molar-refractivity contribution is 0.415. The molecule has 0 bridgehead atoms. The number of aryl methyl sites for hydroxylation is 2.